The Labute approximate surface area is 202 Å². The SMILES string of the molecule is Cc1cc(C(=O)NNC(=O)[C@@H](NC(=O)c2ccccc2Cl)C(C)C)c(C)n1-c1ccc(F)cc1. The van der Waals surface area contributed by atoms with Crippen molar-refractivity contribution in [1.82, 2.24) is 20.7 Å². The van der Waals surface area contributed by atoms with Crippen LogP contribution in [0.1, 0.15) is 46.0 Å². The Morgan fingerprint density at radius 2 is 1.56 bits per heavy atom. The zero-order valence-corrected chi connectivity index (χ0v) is 20.0. The zero-order chi connectivity index (χ0) is 25.0. The maximum absolute atomic E-state index is 13.3. The number of benzene rings is 2. The molecular formula is C25H26ClFN4O3. The molecule has 7 nitrogen and oxygen atoms in total. The van der Waals surface area contributed by atoms with Crippen LogP contribution in [0.2, 0.25) is 5.02 Å². The first-order chi connectivity index (χ1) is 16.1. The van der Waals surface area contributed by atoms with E-state index in [1.807, 2.05) is 11.5 Å². The molecule has 178 valence electrons. The van der Waals surface area contributed by atoms with E-state index in [2.05, 4.69) is 16.2 Å². The second-order valence-corrected chi connectivity index (χ2v) is 8.62. The molecule has 0 aliphatic rings. The van der Waals surface area contributed by atoms with Crippen molar-refractivity contribution >= 4 is 29.3 Å². The number of hydrogen-bond acceptors (Lipinski definition) is 3. The number of hydrogen-bond donors (Lipinski definition) is 3. The van der Waals surface area contributed by atoms with Gasteiger partial charge in [0.25, 0.3) is 17.7 Å². The van der Waals surface area contributed by atoms with E-state index >= 15 is 0 Å². The van der Waals surface area contributed by atoms with Crippen LogP contribution < -0.4 is 16.2 Å². The number of aromatic nitrogens is 1. The maximum atomic E-state index is 13.3. The highest BCUT2D eigenvalue weighted by molar-refractivity contribution is 6.33. The number of nitrogens with zero attached hydrogens (tertiary/aromatic N) is 1. The van der Waals surface area contributed by atoms with Crippen molar-refractivity contribution in [3.05, 3.63) is 88.0 Å². The summed E-state index contributed by atoms with van der Waals surface area (Å²) in [5.74, 6) is -2.19. The third-order valence-corrected chi connectivity index (χ3v) is 5.74. The predicted molar refractivity (Wildman–Crippen MR) is 128 cm³/mol. The fourth-order valence-corrected chi connectivity index (χ4v) is 3.86. The molecule has 0 spiro atoms. The summed E-state index contributed by atoms with van der Waals surface area (Å²) in [7, 11) is 0. The minimum atomic E-state index is -0.907. The van der Waals surface area contributed by atoms with Crippen molar-refractivity contribution in [2.45, 2.75) is 33.7 Å². The van der Waals surface area contributed by atoms with Gasteiger partial charge in [0.2, 0.25) is 0 Å². The Morgan fingerprint density at radius 3 is 2.18 bits per heavy atom. The van der Waals surface area contributed by atoms with Gasteiger partial charge in [0, 0.05) is 17.1 Å². The van der Waals surface area contributed by atoms with Crippen LogP contribution in [0.15, 0.2) is 54.6 Å². The Morgan fingerprint density at radius 1 is 0.912 bits per heavy atom. The lowest BCUT2D eigenvalue weighted by Gasteiger charge is -2.22. The van der Waals surface area contributed by atoms with Crippen molar-refractivity contribution < 1.29 is 18.8 Å². The molecule has 34 heavy (non-hydrogen) atoms. The number of amides is 3. The van der Waals surface area contributed by atoms with Crippen LogP contribution in [-0.2, 0) is 4.79 Å². The first-order valence-electron chi connectivity index (χ1n) is 10.7. The Bertz CT molecular complexity index is 1220. The number of rotatable bonds is 6. The van der Waals surface area contributed by atoms with Gasteiger partial charge in [-0.1, -0.05) is 37.6 Å². The van der Waals surface area contributed by atoms with Crippen LogP contribution in [0, 0.1) is 25.6 Å². The van der Waals surface area contributed by atoms with Gasteiger partial charge in [-0.3, -0.25) is 25.2 Å². The molecule has 0 radical (unpaired) electrons. The predicted octanol–water partition coefficient (Wildman–Crippen LogP) is 4.10. The van der Waals surface area contributed by atoms with Crippen molar-refractivity contribution in [1.29, 1.82) is 0 Å². The fraction of sp³-hybridized carbons (Fsp3) is 0.240. The number of aryl methyl sites for hydroxylation is 1. The van der Waals surface area contributed by atoms with E-state index in [4.69, 9.17) is 11.6 Å². The third kappa shape index (κ3) is 5.46. The summed E-state index contributed by atoms with van der Waals surface area (Å²) < 4.78 is 15.1. The van der Waals surface area contributed by atoms with Gasteiger partial charge in [0.05, 0.1) is 16.1 Å². The quantitative estimate of drug-likeness (QED) is 0.460. The van der Waals surface area contributed by atoms with Gasteiger partial charge in [-0.15, -0.1) is 0 Å². The molecule has 3 N–H and O–H groups in total. The zero-order valence-electron chi connectivity index (χ0n) is 19.3. The van der Waals surface area contributed by atoms with E-state index < -0.39 is 23.8 Å². The Hall–Kier alpha value is -3.65. The lowest BCUT2D eigenvalue weighted by Crippen LogP contribution is -2.54. The molecule has 3 aromatic rings. The molecule has 9 heteroatoms. The molecule has 1 heterocycles. The highest BCUT2D eigenvalue weighted by atomic mass is 35.5. The van der Waals surface area contributed by atoms with E-state index in [0.717, 1.165) is 5.69 Å². The first-order valence-corrected chi connectivity index (χ1v) is 11.1. The molecule has 3 rings (SSSR count). The lowest BCUT2D eigenvalue weighted by atomic mass is 10.0. The van der Waals surface area contributed by atoms with E-state index in [0.29, 0.717) is 16.9 Å². The van der Waals surface area contributed by atoms with Crippen LogP contribution in [0.4, 0.5) is 4.39 Å². The second kappa shape index (κ2) is 10.5. The molecule has 3 amide bonds. The van der Waals surface area contributed by atoms with E-state index in [1.54, 1.807) is 63.2 Å². The topological polar surface area (TPSA) is 92.2 Å². The largest absolute Gasteiger partial charge is 0.340 e. The summed E-state index contributed by atoms with van der Waals surface area (Å²) in [5, 5.41) is 2.94. The molecular weight excluding hydrogens is 459 g/mol. The molecule has 0 fully saturated rings. The minimum absolute atomic E-state index is 0.250. The van der Waals surface area contributed by atoms with Crippen molar-refractivity contribution in [3.63, 3.8) is 0 Å². The molecule has 1 atom stereocenters. The number of hydrazine groups is 1. The van der Waals surface area contributed by atoms with Crippen LogP contribution >= 0.6 is 11.6 Å². The van der Waals surface area contributed by atoms with Crippen LogP contribution in [0.5, 0.6) is 0 Å². The molecule has 0 saturated carbocycles. The molecule has 1 aromatic heterocycles. The van der Waals surface area contributed by atoms with Crippen LogP contribution in [0.3, 0.4) is 0 Å². The average molecular weight is 485 g/mol. The van der Waals surface area contributed by atoms with E-state index in [-0.39, 0.29) is 22.3 Å². The molecule has 0 saturated heterocycles. The second-order valence-electron chi connectivity index (χ2n) is 8.22. The number of carbonyl (C=O) groups is 3. The van der Waals surface area contributed by atoms with Crippen LogP contribution in [0.25, 0.3) is 5.69 Å². The summed E-state index contributed by atoms with van der Waals surface area (Å²) in [5.41, 5.74) is 7.51. The molecule has 0 aliphatic carbocycles. The smallest absolute Gasteiger partial charge is 0.271 e. The highest BCUT2D eigenvalue weighted by Crippen LogP contribution is 2.21. The molecule has 0 bridgehead atoms. The molecule has 0 aliphatic heterocycles. The third-order valence-electron chi connectivity index (χ3n) is 5.41. The standard InChI is InChI=1S/C25H26ClFN4O3/c1-14(2)22(28-23(32)19-7-5-6-8-21(19)26)25(34)30-29-24(33)20-13-15(3)31(16(20)4)18-11-9-17(27)10-12-18/h5-14,22H,1-4H3,(H,28,32)(H,29,33)(H,30,34)/t22-/m0/s1. The summed E-state index contributed by atoms with van der Waals surface area (Å²) in [4.78, 5) is 38.2. The summed E-state index contributed by atoms with van der Waals surface area (Å²) in [6, 6.07) is 13.2. The lowest BCUT2D eigenvalue weighted by molar-refractivity contribution is -0.124. The van der Waals surface area contributed by atoms with E-state index in [9.17, 15) is 18.8 Å². The van der Waals surface area contributed by atoms with Gasteiger partial charge >= 0.3 is 0 Å². The van der Waals surface area contributed by atoms with E-state index in [1.165, 1.54) is 12.1 Å². The van der Waals surface area contributed by atoms with Crippen LogP contribution in [-0.4, -0.2) is 28.3 Å². The van der Waals surface area contributed by atoms with Crippen molar-refractivity contribution in [2.75, 3.05) is 0 Å². The number of nitrogens with one attached hydrogen (secondary N) is 3. The monoisotopic (exact) mass is 484 g/mol. The molecule has 0 unspecified atom stereocenters. The number of halogens is 2. The fourth-order valence-electron chi connectivity index (χ4n) is 3.64. The van der Waals surface area contributed by atoms with Gasteiger partial charge in [0.15, 0.2) is 0 Å². The van der Waals surface area contributed by atoms with Gasteiger partial charge in [-0.05, 0) is 62.2 Å². The number of carbonyl (C=O) groups excluding carboxylic acids is 3. The van der Waals surface area contributed by atoms with Gasteiger partial charge < -0.3 is 9.88 Å². The van der Waals surface area contributed by atoms with Gasteiger partial charge in [0.1, 0.15) is 11.9 Å². The normalized spacial score (nSPS) is 11.7. The molecule has 2 aromatic carbocycles. The maximum Gasteiger partial charge on any atom is 0.271 e. The summed E-state index contributed by atoms with van der Waals surface area (Å²) in [6.07, 6.45) is 0. The Balaban J connectivity index is 1.70. The minimum Gasteiger partial charge on any atom is -0.340 e. The summed E-state index contributed by atoms with van der Waals surface area (Å²) >= 11 is 6.07. The average Bonchev–Trinajstić information content (AvgIpc) is 3.10. The Kier molecular flexibility index (Phi) is 7.73. The first kappa shape index (κ1) is 25.0. The highest BCUT2D eigenvalue weighted by Gasteiger charge is 2.26. The van der Waals surface area contributed by atoms with Gasteiger partial charge in [-0.25, -0.2) is 4.39 Å². The summed E-state index contributed by atoms with van der Waals surface area (Å²) in [6.45, 7) is 7.13. The van der Waals surface area contributed by atoms with Crippen molar-refractivity contribution in [2.24, 2.45) is 5.92 Å². The van der Waals surface area contributed by atoms with Gasteiger partial charge in [-0.2, -0.15) is 0 Å². The van der Waals surface area contributed by atoms with Crippen molar-refractivity contribution in [3.8, 4) is 5.69 Å².